The second-order valence-corrected chi connectivity index (χ2v) is 11.4. The molecule has 1 N–H and O–H groups in total. The summed E-state index contributed by atoms with van der Waals surface area (Å²) in [7, 11) is -1.98. The molecule has 0 saturated heterocycles. The summed E-state index contributed by atoms with van der Waals surface area (Å²) in [6.07, 6.45) is 3.48. The minimum absolute atomic E-state index is 0.202. The highest BCUT2D eigenvalue weighted by Crippen LogP contribution is 2.31. The first-order chi connectivity index (χ1) is 16.8. The molecule has 0 spiro atoms. The summed E-state index contributed by atoms with van der Waals surface area (Å²) in [5, 5.41) is 3.32. The SMILES string of the molecule is CCCCN(CCCC)S(=O)(=O)c1ccc(C(=O)Nc2nc(-c3ccc(OC)cc3)c(C)s2)cc1. The first-order valence-electron chi connectivity index (χ1n) is 11.8. The van der Waals surface area contributed by atoms with E-state index in [1.54, 1.807) is 23.5 Å². The molecular formula is C26H33N3O4S2. The molecule has 0 aliphatic carbocycles. The molecule has 1 heterocycles. The van der Waals surface area contributed by atoms with Crippen molar-refractivity contribution >= 4 is 32.4 Å². The van der Waals surface area contributed by atoms with Gasteiger partial charge in [0.05, 0.1) is 17.7 Å². The number of rotatable bonds is 12. The number of amides is 1. The van der Waals surface area contributed by atoms with Crippen LogP contribution in [0.4, 0.5) is 5.13 Å². The third-order valence-electron chi connectivity index (χ3n) is 5.66. The van der Waals surface area contributed by atoms with Crippen molar-refractivity contribution in [1.29, 1.82) is 0 Å². The van der Waals surface area contributed by atoms with Gasteiger partial charge in [0.2, 0.25) is 10.0 Å². The average molecular weight is 516 g/mol. The molecule has 0 bridgehead atoms. The highest BCUT2D eigenvalue weighted by molar-refractivity contribution is 7.89. The minimum Gasteiger partial charge on any atom is -0.497 e. The summed E-state index contributed by atoms with van der Waals surface area (Å²) in [6.45, 7) is 7.04. The van der Waals surface area contributed by atoms with E-state index < -0.39 is 10.0 Å². The topological polar surface area (TPSA) is 88.6 Å². The molecule has 0 atom stereocenters. The predicted molar refractivity (Wildman–Crippen MR) is 142 cm³/mol. The van der Waals surface area contributed by atoms with Crippen molar-refractivity contribution in [1.82, 2.24) is 9.29 Å². The van der Waals surface area contributed by atoms with Crippen LogP contribution in [0.5, 0.6) is 5.75 Å². The molecular weight excluding hydrogens is 482 g/mol. The van der Waals surface area contributed by atoms with Crippen LogP contribution in [0.3, 0.4) is 0 Å². The zero-order chi connectivity index (χ0) is 25.4. The van der Waals surface area contributed by atoms with Crippen LogP contribution >= 0.6 is 11.3 Å². The van der Waals surface area contributed by atoms with Crippen LogP contribution in [0.1, 0.15) is 54.8 Å². The van der Waals surface area contributed by atoms with Crippen molar-refractivity contribution in [3.8, 4) is 17.0 Å². The molecule has 0 fully saturated rings. The number of nitrogens with zero attached hydrogens (tertiary/aromatic N) is 2. The number of anilines is 1. The number of hydrogen-bond donors (Lipinski definition) is 1. The number of aryl methyl sites for hydroxylation is 1. The van der Waals surface area contributed by atoms with Gasteiger partial charge in [-0.05, 0) is 68.3 Å². The van der Waals surface area contributed by atoms with Crippen LogP contribution in [0.2, 0.25) is 0 Å². The van der Waals surface area contributed by atoms with E-state index in [1.165, 1.54) is 23.5 Å². The van der Waals surface area contributed by atoms with E-state index in [2.05, 4.69) is 10.3 Å². The molecule has 0 saturated carbocycles. The number of nitrogens with one attached hydrogen (secondary N) is 1. The van der Waals surface area contributed by atoms with Crippen LogP contribution in [0.15, 0.2) is 53.4 Å². The van der Waals surface area contributed by atoms with Gasteiger partial charge in [0.1, 0.15) is 5.75 Å². The van der Waals surface area contributed by atoms with Gasteiger partial charge in [-0.25, -0.2) is 13.4 Å². The van der Waals surface area contributed by atoms with Crippen LogP contribution in [0, 0.1) is 6.92 Å². The summed E-state index contributed by atoms with van der Waals surface area (Å²) >= 11 is 1.39. The number of thiazole rings is 1. The van der Waals surface area contributed by atoms with E-state index in [0.29, 0.717) is 23.8 Å². The normalized spacial score (nSPS) is 11.6. The lowest BCUT2D eigenvalue weighted by Crippen LogP contribution is -2.33. The lowest BCUT2D eigenvalue weighted by molar-refractivity contribution is 0.102. The third kappa shape index (κ3) is 6.68. The van der Waals surface area contributed by atoms with E-state index >= 15 is 0 Å². The van der Waals surface area contributed by atoms with E-state index in [1.807, 2.05) is 45.0 Å². The first-order valence-corrected chi connectivity index (χ1v) is 14.1. The first kappa shape index (κ1) is 26.8. The van der Waals surface area contributed by atoms with E-state index in [4.69, 9.17) is 4.74 Å². The Morgan fingerprint density at radius 3 is 2.14 bits per heavy atom. The number of benzene rings is 2. The number of aromatic nitrogens is 1. The monoisotopic (exact) mass is 515 g/mol. The molecule has 0 aliphatic rings. The number of ether oxygens (including phenoxy) is 1. The zero-order valence-electron chi connectivity index (χ0n) is 20.7. The molecule has 1 amide bonds. The Morgan fingerprint density at radius 1 is 1.00 bits per heavy atom. The second kappa shape index (κ2) is 12.3. The van der Waals surface area contributed by atoms with Gasteiger partial charge in [0, 0.05) is 29.1 Å². The minimum atomic E-state index is -3.60. The Bertz CT molecular complexity index is 1210. The van der Waals surface area contributed by atoms with Crippen LogP contribution in [-0.2, 0) is 10.0 Å². The van der Waals surface area contributed by atoms with E-state index in [-0.39, 0.29) is 10.8 Å². The summed E-state index contributed by atoms with van der Waals surface area (Å²) in [5.41, 5.74) is 2.11. The zero-order valence-corrected chi connectivity index (χ0v) is 22.3. The summed E-state index contributed by atoms with van der Waals surface area (Å²) in [5.74, 6) is 0.428. The fourth-order valence-electron chi connectivity index (χ4n) is 3.58. The van der Waals surface area contributed by atoms with Gasteiger partial charge < -0.3 is 4.74 Å². The van der Waals surface area contributed by atoms with Crippen molar-refractivity contribution in [2.24, 2.45) is 0 Å². The Kier molecular flexibility index (Phi) is 9.42. The van der Waals surface area contributed by atoms with E-state index in [0.717, 1.165) is 47.6 Å². The van der Waals surface area contributed by atoms with Crippen molar-refractivity contribution in [3.05, 3.63) is 59.0 Å². The summed E-state index contributed by atoms with van der Waals surface area (Å²) in [4.78, 5) is 18.6. The Labute approximate surface area is 212 Å². The van der Waals surface area contributed by atoms with Crippen LogP contribution in [0.25, 0.3) is 11.3 Å². The highest BCUT2D eigenvalue weighted by Gasteiger charge is 2.24. The molecule has 3 rings (SSSR count). The van der Waals surface area contributed by atoms with Gasteiger partial charge in [-0.2, -0.15) is 4.31 Å². The molecule has 0 radical (unpaired) electrons. The third-order valence-corrected chi connectivity index (χ3v) is 8.46. The van der Waals surface area contributed by atoms with E-state index in [9.17, 15) is 13.2 Å². The summed E-state index contributed by atoms with van der Waals surface area (Å²) < 4.78 is 33.0. The van der Waals surface area contributed by atoms with Crippen molar-refractivity contribution in [3.63, 3.8) is 0 Å². The molecule has 0 unspecified atom stereocenters. The number of carbonyl (C=O) groups is 1. The second-order valence-electron chi connectivity index (χ2n) is 8.24. The molecule has 2 aromatic carbocycles. The molecule has 1 aromatic heterocycles. The van der Waals surface area contributed by atoms with Crippen molar-refractivity contribution in [2.75, 3.05) is 25.5 Å². The van der Waals surface area contributed by atoms with Crippen molar-refractivity contribution < 1.29 is 17.9 Å². The smallest absolute Gasteiger partial charge is 0.257 e. The van der Waals surface area contributed by atoms with Gasteiger partial charge in [-0.1, -0.05) is 26.7 Å². The number of carbonyl (C=O) groups excluding carboxylic acids is 1. The number of sulfonamides is 1. The highest BCUT2D eigenvalue weighted by atomic mass is 32.2. The maximum absolute atomic E-state index is 13.1. The number of hydrogen-bond acceptors (Lipinski definition) is 6. The summed E-state index contributed by atoms with van der Waals surface area (Å²) in [6, 6.07) is 13.7. The van der Waals surface area contributed by atoms with Gasteiger partial charge in [0.15, 0.2) is 5.13 Å². The molecule has 7 nitrogen and oxygen atoms in total. The molecule has 35 heavy (non-hydrogen) atoms. The lowest BCUT2D eigenvalue weighted by Gasteiger charge is -2.22. The Hall–Kier alpha value is -2.75. The molecule has 9 heteroatoms. The quantitative estimate of drug-likeness (QED) is 0.321. The average Bonchev–Trinajstić information content (AvgIpc) is 3.23. The Balaban J connectivity index is 1.73. The largest absolute Gasteiger partial charge is 0.497 e. The fraction of sp³-hybridized carbons (Fsp3) is 0.385. The van der Waals surface area contributed by atoms with Gasteiger partial charge in [0.25, 0.3) is 5.91 Å². The van der Waals surface area contributed by atoms with Gasteiger partial charge in [-0.3, -0.25) is 10.1 Å². The molecule has 0 aliphatic heterocycles. The van der Waals surface area contributed by atoms with Crippen LogP contribution < -0.4 is 10.1 Å². The number of unbranched alkanes of at least 4 members (excludes halogenated alkanes) is 2. The van der Waals surface area contributed by atoms with Crippen molar-refractivity contribution in [2.45, 2.75) is 51.3 Å². The maximum Gasteiger partial charge on any atom is 0.257 e. The fourth-order valence-corrected chi connectivity index (χ4v) is 5.93. The molecule has 188 valence electrons. The molecule has 3 aromatic rings. The van der Waals surface area contributed by atoms with Crippen LogP contribution in [-0.4, -0.2) is 43.8 Å². The standard InChI is InChI=1S/C26H33N3O4S2/c1-5-7-17-29(18-8-6-2)35(31,32)23-15-11-21(12-16-23)25(30)28-26-27-24(19(3)34-26)20-9-13-22(33-4)14-10-20/h9-16H,5-8,17-18H2,1-4H3,(H,27,28,30). The predicted octanol–water partition coefficient (Wildman–Crippen LogP) is 5.97. The van der Waals surface area contributed by atoms with Gasteiger partial charge in [-0.15, -0.1) is 11.3 Å². The maximum atomic E-state index is 13.1. The lowest BCUT2D eigenvalue weighted by atomic mass is 10.1. The number of methoxy groups -OCH3 is 1. The van der Waals surface area contributed by atoms with Gasteiger partial charge >= 0.3 is 0 Å². The Morgan fingerprint density at radius 2 is 1.60 bits per heavy atom.